The molecule has 2 bridgehead atoms. The van der Waals surface area contributed by atoms with Crippen LogP contribution in [0.3, 0.4) is 0 Å². The van der Waals surface area contributed by atoms with Crippen LogP contribution in [-0.4, -0.2) is 48.2 Å². The van der Waals surface area contributed by atoms with Crippen molar-refractivity contribution in [2.24, 2.45) is 5.92 Å². The van der Waals surface area contributed by atoms with Crippen LogP contribution < -0.4 is 22.3 Å². The first-order valence-electron chi connectivity index (χ1n) is 9.58. The highest BCUT2D eigenvalue weighted by molar-refractivity contribution is 5.98. The van der Waals surface area contributed by atoms with Gasteiger partial charge in [0, 0.05) is 24.0 Å². The quantitative estimate of drug-likeness (QED) is 0.619. The average Bonchev–Trinajstić information content (AvgIpc) is 2.93. The Hall–Kier alpha value is -1.69. The number of hydrogen-bond donors (Lipinski definition) is 2. The summed E-state index contributed by atoms with van der Waals surface area (Å²) in [5.74, 6) is 0.259. The molecule has 1 aliphatic carbocycles. The Morgan fingerprint density at radius 2 is 1.56 bits per heavy atom. The molecule has 27 heavy (non-hydrogen) atoms. The number of nitrogens with one attached hydrogen (secondary N) is 1. The van der Waals surface area contributed by atoms with E-state index in [2.05, 4.69) is 12.4 Å². The lowest BCUT2D eigenvalue weighted by molar-refractivity contribution is -0.925. The number of nitrogens with zero attached hydrogens (tertiary/aromatic N) is 1. The summed E-state index contributed by atoms with van der Waals surface area (Å²) in [6.45, 7) is 3.37. The molecule has 0 aromatic heterocycles. The molecule has 4 aliphatic rings. The standard InChI is InChI=1S/C22H24N2O2.BrH/c1-24-12-10-15(11-13-24)20(14-24)23-21(25)22(26)18-8-4-2-6-16(18)17-7-3-5-9-19(17)22;/h2-9,15,20,26H,10-14H2,1H3;1H. The average molecular weight is 429 g/mol. The minimum atomic E-state index is -1.60. The van der Waals surface area contributed by atoms with E-state index in [0.29, 0.717) is 17.0 Å². The predicted octanol–water partition coefficient (Wildman–Crippen LogP) is -0.738. The zero-order valence-electron chi connectivity index (χ0n) is 15.5. The molecule has 3 fully saturated rings. The molecule has 1 atom stereocenters. The molecule has 2 N–H and O–H groups in total. The lowest BCUT2D eigenvalue weighted by atomic mass is 9.81. The number of aliphatic hydroxyl groups is 1. The van der Waals surface area contributed by atoms with Crippen LogP contribution in [0.15, 0.2) is 48.5 Å². The number of rotatable bonds is 2. The van der Waals surface area contributed by atoms with Gasteiger partial charge in [-0.1, -0.05) is 48.5 Å². The number of carbonyl (C=O) groups is 1. The Morgan fingerprint density at radius 3 is 2.07 bits per heavy atom. The smallest absolute Gasteiger partial charge is 0.261 e. The summed E-state index contributed by atoms with van der Waals surface area (Å²) in [4.78, 5) is 13.4. The van der Waals surface area contributed by atoms with Crippen LogP contribution in [0.2, 0.25) is 0 Å². The number of hydrogen-bond acceptors (Lipinski definition) is 2. The molecular formula is C22H25BrN2O2. The normalized spacial score (nSPS) is 29.4. The van der Waals surface area contributed by atoms with Gasteiger partial charge in [0.1, 0.15) is 0 Å². The van der Waals surface area contributed by atoms with E-state index in [1.54, 1.807) is 0 Å². The molecule has 142 valence electrons. The summed E-state index contributed by atoms with van der Waals surface area (Å²) in [5, 5.41) is 14.8. The first-order chi connectivity index (χ1) is 12.5. The Bertz CT molecular complexity index is 844. The Kier molecular flexibility index (Phi) is 4.45. The van der Waals surface area contributed by atoms with Gasteiger partial charge in [0.25, 0.3) is 5.91 Å². The first-order valence-corrected chi connectivity index (χ1v) is 9.58. The molecule has 0 saturated carbocycles. The Labute approximate surface area is 170 Å². The van der Waals surface area contributed by atoms with E-state index in [0.717, 1.165) is 35.0 Å². The summed E-state index contributed by atoms with van der Waals surface area (Å²) in [5.41, 5.74) is 1.70. The number of amides is 1. The van der Waals surface area contributed by atoms with E-state index in [9.17, 15) is 9.90 Å². The lowest BCUT2D eigenvalue weighted by Gasteiger charge is -2.50. The van der Waals surface area contributed by atoms with Gasteiger partial charge in [-0.15, -0.1) is 0 Å². The molecule has 0 radical (unpaired) electrons. The van der Waals surface area contributed by atoms with Gasteiger partial charge in [0.15, 0.2) is 5.60 Å². The van der Waals surface area contributed by atoms with Crippen molar-refractivity contribution in [3.63, 3.8) is 0 Å². The number of likely N-dealkylation sites (N-methyl/N-ethyl adjacent to an activating group) is 1. The van der Waals surface area contributed by atoms with Gasteiger partial charge < -0.3 is 31.9 Å². The number of fused-ring (bicyclic) bond motifs is 6. The van der Waals surface area contributed by atoms with E-state index < -0.39 is 5.60 Å². The third-order valence-electron chi connectivity index (χ3n) is 6.85. The van der Waals surface area contributed by atoms with Gasteiger partial charge in [-0.3, -0.25) is 4.79 Å². The fourth-order valence-corrected chi connectivity index (χ4v) is 5.31. The van der Waals surface area contributed by atoms with Gasteiger partial charge in [-0.25, -0.2) is 0 Å². The Morgan fingerprint density at radius 1 is 1.04 bits per heavy atom. The number of piperidine rings is 3. The van der Waals surface area contributed by atoms with Crippen LogP contribution >= 0.6 is 0 Å². The third kappa shape index (κ3) is 2.67. The van der Waals surface area contributed by atoms with Crippen molar-refractivity contribution < 1.29 is 31.4 Å². The molecule has 6 rings (SSSR count). The second-order valence-electron chi connectivity index (χ2n) is 8.47. The van der Waals surface area contributed by atoms with Crippen molar-refractivity contribution in [2.45, 2.75) is 24.5 Å². The van der Waals surface area contributed by atoms with Crippen LogP contribution in [0.1, 0.15) is 24.0 Å². The molecule has 1 unspecified atom stereocenters. The van der Waals surface area contributed by atoms with Crippen LogP contribution in [0.25, 0.3) is 11.1 Å². The number of halogens is 1. The third-order valence-corrected chi connectivity index (χ3v) is 6.85. The van der Waals surface area contributed by atoms with Gasteiger partial charge in [-0.05, 0) is 17.0 Å². The van der Waals surface area contributed by atoms with Crippen molar-refractivity contribution in [1.29, 1.82) is 0 Å². The fraction of sp³-hybridized carbons (Fsp3) is 0.409. The maximum atomic E-state index is 13.4. The first kappa shape index (κ1) is 18.7. The van der Waals surface area contributed by atoms with Crippen LogP contribution in [0.5, 0.6) is 0 Å². The van der Waals surface area contributed by atoms with Crippen molar-refractivity contribution >= 4 is 5.91 Å². The van der Waals surface area contributed by atoms with E-state index in [-0.39, 0.29) is 28.9 Å². The molecule has 3 aliphatic heterocycles. The summed E-state index contributed by atoms with van der Waals surface area (Å²) >= 11 is 0. The largest absolute Gasteiger partial charge is 1.00 e. The van der Waals surface area contributed by atoms with Crippen molar-refractivity contribution in [1.82, 2.24) is 5.32 Å². The number of carbonyl (C=O) groups excluding carboxylic acids is 1. The van der Waals surface area contributed by atoms with Gasteiger partial charge in [0.05, 0.1) is 32.7 Å². The van der Waals surface area contributed by atoms with E-state index in [4.69, 9.17) is 0 Å². The molecule has 3 heterocycles. The SMILES string of the molecule is C[N+]12CCC(CC1)C(NC(=O)C1(O)c3ccccc3-c3ccccc31)C2.[Br-]. The zero-order chi connectivity index (χ0) is 17.9. The van der Waals surface area contributed by atoms with E-state index >= 15 is 0 Å². The van der Waals surface area contributed by atoms with Crippen molar-refractivity contribution in [2.75, 3.05) is 26.7 Å². The predicted molar refractivity (Wildman–Crippen MR) is 100 cm³/mol. The van der Waals surface area contributed by atoms with Crippen molar-refractivity contribution in [3.05, 3.63) is 59.7 Å². The molecule has 4 nitrogen and oxygen atoms in total. The summed E-state index contributed by atoms with van der Waals surface area (Å²) in [6.07, 6.45) is 2.32. The molecule has 0 spiro atoms. The zero-order valence-corrected chi connectivity index (χ0v) is 17.1. The molecule has 3 saturated heterocycles. The Balaban J connectivity index is 0.00000180. The molecule has 2 aromatic carbocycles. The highest BCUT2D eigenvalue weighted by atomic mass is 79.9. The van der Waals surface area contributed by atoms with Crippen LogP contribution in [0, 0.1) is 5.92 Å². The molecular weight excluding hydrogens is 404 g/mol. The van der Waals surface area contributed by atoms with Gasteiger partial charge in [0.2, 0.25) is 0 Å². The minimum Gasteiger partial charge on any atom is -1.00 e. The highest BCUT2D eigenvalue weighted by Gasteiger charge is 2.50. The molecule has 5 heteroatoms. The summed E-state index contributed by atoms with van der Waals surface area (Å²) in [7, 11) is 2.28. The number of benzene rings is 2. The molecule has 1 amide bonds. The minimum absolute atomic E-state index is 0. The van der Waals surface area contributed by atoms with Gasteiger partial charge >= 0.3 is 0 Å². The topological polar surface area (TPSA) is 49.3 Å². The lowest BCUT2D eigenvalue weighted by Crippen LogP contribution is -3.00. The fourth-order valence-electron chi connectivity index (χ4n) is 5.31. The number of quaternary nitrogens is 1. The monoisotopic (exact) mass is 428 g/mol. The summed E-state index contributed by atoms with van der Waals surface area (Å²) in [6, 6.07) is 15.6. The second-order valence-corrected chi connectivity index (χ2v) is 8.47. The maximum absolute atomic E-state index is 13.4. The van der Waals surface area contributed by atoms with E-state index in [1.807, 2.05) is 48.5 Å². The van der Waals surface area contributed by atoms with Crippen molar-refractivity contribution in [3.8, 4) is 11.1 Å². The highest BCUT2D eigenvalue weighted by Crippen LogP contribution is 2.47. The summed E-state index contributed by atoms with van der Waals surface area (Å²) < 4.78 is 1.03. The van der Waals surface area contributed by atoms with Crippen LogP contribution in [-0.2, 0) is 10.4 Å². The second kappa shape index (κ2) is 6.43. The maximum Gasteiger partial charge on any atom is 0.261 e. The van der Waals surface area contributed by atoms with Crippen LogP contribution in [0.4, 0.5) is 0 Å². The van der Waals surface area contributed by atoms with Gasteiger partial charge in [-0.2, -0.15) is 0 Å². The molecule has 2 aromatic rings. The van der Waals surface area contributed by atoms with E-state index in [1.165, 1.54) is 13.1 Å².